The summed E-state index contributed by atoms with van der Waals surface area (Å²) in [6.45, 7) is 8.29. The highest BCUT2D eigenvalue weighted by Crippen LogP contribution is 2.23. The van der Waals surface area contributed by atoms with E-state index in [9.17, 15) is 4.79 Å². The first kappa shape index (κ1) is 22.1. The van der Waals surface area contributed by atoms with Crippen LogP contribution in [-0.4, -0.2) is 28.8 Å². The molecule has 31 heavy (non-hydrogen) atoms. The number of carbonyl (C=O) groups excluding carboxylic acids is 1. The molecule has 0 bridgehead atoms. The maximum Gasteiger partial charge on any atom is 0.257 e. The summed E-state index contributed by atoms with van der Waals surface area (Å²) in [5.74, 6) is 0.772. The number of aliphatic imine (C=N–C) groups is 1. The number of hydrogen-bond donors (Lipinski definition) is 2. The van der Waals surface area contributed by atoms with E-state index in [-0.39, 0.29) is 5.91 Å². The van der Waals surface area contributed by atoms with Gasteiger partial charge < -0.3 is 10.1 Å². The number of nitrogens with one attached hydrogen (secondary N) is 2. The molecule has 2 N–H and O–H groups in total. The highest BCUT2D eigenvalue weighted by Gasteiger charge is 2.14. The zero-order valence-corrected chi connectivity index (χ0v) is 18.9. The Balaban J connectivity index is 1.92. The van der Waals surface area contributed by atoms with Gasteiger partial charge in [-0.1, -0.05) is 29.3 Å². The van der Waals surface area contributed by atoms with Gasteiger partial charge in [0.25, 0.3) is 5.91 Å². The number of nitrogens with zero attached hydrogens (tertiary/aromatic N) is 3. The molecule has 1 heterocycles. The van der Waals surface area contributed by atoms with Crippen molar-refractivity contribution in [2.45, 2.75) is 34.2 Å². The number of carbonyl (C=O) groups is 1. The second-order valence-corrected chi connectivity index (χ2v) is 7.59. The quantitative estimate of drug-likeness (QED) is 0.483. The molecule has 0 saturated carbocycles. The first-order valence-corrected chi connectivity index (χ1v) is 10.1. The molecule has 2 aromatic carbocycles. The fourth-order valence-corrected chi connectivity index (χ4v) is 3.48. The molecule has 1 amide bonds. The number of guanidine groups is 1. The largest absolute Gasteiger partial charge is 0.495 e. The molecule has 0 aliphatic carbocycles. The van der Waals surface area contributed by atoms with Crippen molar-refractivity contribution in [3.05, 3.63) is 76.1 Å². The predicted molar refractivity (Wildman–Crippen MR) is 124 cm³/mol. The van der Waals surface area contributed by atoms with Crippen molar-refractivity contribution in [2.24, 2.45) is 12.0 Å². The van der Waals surface area contributed by atoms with Gasteiger partial charge in [-0.05, 0) is 52.0 Å². The molecule has 0 saturated heterocycles. The topological polar surface area (TPSA) is 80.5 Å². The standard InChI is InChI=1S/C24H29N5O2/c1-15-11-16(2)13-19(12-15)23(30)27-24(26-21-9-7-8-10-22(21)31-6)25-14-20-17(3)28-29(5)18(20)4/h7-13H,14H2,1-6H3,(H2,25,26,27,30). The van der Waals surface area contributed by atoms with Crippen LogP contribution in [-0.2, 0) is 13.6 Å². The zero-order valence-electron chi connectivity index (χ0n) is 18.9. The Hall–Kier alpha value is -3.61. The Bertz CT molecular complexity index is 1110. The first-order chi connectivity index (χ1) is 14.8. The van der Waals surface area contributed by atoms with E-state index in [0.717, 1.165) is 28.1 Å². The molecular formula is C24H29N5O2. The normalized spacial score (nSPS) is 11.4. The minimum absolute atomic E-state index is 0.229. The fourth-order valence-electron chi connectivity index (χ4n) is 3.48. The van der Waals surface area contributed by atoms with Gasteiger partial charge in [0.1, 0.15) is 5.75 Å². The minimum atomic E-state index is -0.229. The van der Waals surface area contributed by atoms with E-state index in [1.165, 1.54) is 0 Å². The molecule has 0 atom stereocenters. The summed E-state index contributed by atoms with van der Waals surface area (Å²) < 4.78 is 7.26. The summed E-state index contributed by atoms with van der Waals surface area (Å²) in [6, 6.07) is 13.3. The van der Waals surface area contributed by atoms with E-state index in [1.807, 2.05) is 81.9 Å². The van der Waals surface area contributed by atoms with Gasteiger partial charge in [-0.2, -0.15) is 5.10 Å². The lowest BCUT2D eigenvalue weighted by Crippen LogP contribution is -2.36. The second-order valence-electron chi connectivity index (χ2n) is 7.59. The fraction of sp³-hybridized carbons (Fsp3) is 0.292. The van der Waals surface area contributed by atoms with Crippen LogP contribution in [0.3, 0.4) is 0 Å². The number of methoxy groups -OCH3 is 1. The van der Waals surface area contributed by atoms with Crippen molar-refractivity contribution >= 4 is 17.6 Å². The lowest BCUT2D eigenvalue weighted by Gasteiger charge is -2.15. The summed E-state index contributed by atoms with van der Waals surface area (Å²) >= 11 is 0. The van der Waals surface area contributed by atoms with E-state index in [1.54, 1.807) is 7.11 Å². The molecule has 7 heteroatoms. The van der Waals surface area contributed by atoms with Gasteiger partial charge in [0, 0.05) is 23.9 Å². The van der Waals surface area contributed by atoms with E-state index < -0.39 is 0 Å². The van der Waals surface area contributed by atoms with Crippen LogP contribution in [0.1, 0.15) is 38.4 Å². The molecule has 0 radical (unpaired) electrons. The molecule has 0 spiro atoms. The summed E-state index contributed by atoms with van der Waals surface area (Å²) in [5, 5.41) is 10.6. The Morgan fingerprint density at radius 3 is 2.39 bits per heavy atom. The smallest absolute Gasteiger partial charge is 0.257 e. The van der Waals surface area contributed by atoms with Crippen molar-refractivity contribution in [1.82, 2.24) is 15.1 Å². The Morgan fingerprint density at radius 2 is 1.77 bits per heavy atom. The van der Waals surface area contributed by atoms with Crippen LogP contribution >= 0.6 is 0 Å². The average molecular weight is 420 g/mol. The van der Waals surface area contributed by atoms with Crippen molar-refractivity contribution in [3.8, 4) is 5.75 Å². The first-order valence-electron chi connectivity index (χ1n) is 10.1. The molecular weight excluding hydrogens is 390 g/mol. The third kappa shape index (κ3) is 5.31. The SMILES string of the molecule is COc1ccccc1NC(=NCc1c(C)nn(C)c1C)NC(=O)c1cc(C)cc(C)c1. The van der Waals surface area contributed by atoms with Gasteiger partial charge in [-0.15, -0.1) is 0 Å². The summed E-state index contributed by atoms with van der Waals surface area (Å²) in [6.07, 6.45) is 0. The van der Waals surface area contributed by atoms with E-state index in [4.69, 9.17) is 4.74 Å². The van der Waals surface area contributed by atoms with Crippen LogP contribution in [0.5, 0.6) is 5.75 Å². The van der Waals surface area contributed by atoms with Crippen molar-refractivity contribution < 1.29 is 9.53 Å². The van der Waals surface area contributed by atoms with Crippen molar-refractivity contribution in [3.63, 3.8) is 0 Å². The van der Waals surface area contributed by atoms with Gasteiger partial charge in [0.05, 0.1) is 25.0 Å². The number of ether oxygens (including phenoxy) is 1. The maximum atomic E-state index is 13.0. The van der Waals surface area contributed by atoms with Gasteiger partial charge in [-0.25, -0.2) is 4.99 Å². The highest BCUT2D eigenvalue weighted by molar-refractivity contribution is 6.10. The van der Waals surface area contributed by atoms with Crippen LogP contribution < -0.4 is 15.4 Å². The third-order valence-corrected chi connectivity index (χ3v) is 5.13. The number of aryl methyl sites for hydroxylation is 4. The Kier molecular flexibility index (Phi) is 6.74. The molecule has 0 fully saturated rings. The molecule has 3 aromatic rings. The molecule has 162 valence electrons. The lowest BCUT2D eigenvalue weighted by molar-refractivity contribution is 0.0976. The van der Waals surface area contributed by atoms with Crippen LogP contribution in [0.25, 0.3) is 0 Å². The monoisotopic (exact) mass is 419 g/mol. The molecule has 0 aliphatic heterocycles. The van der Waals surface area contributed by atoms with Gasteiger partial charge >= 0.3 is 0 Å². The summed E-state index contributed by atoms with van der Waals surface area (Å²) in [7, 11) is 3.51. The molecule has 0 unspecified atom stereocenters. The van der Waals surface area contributed by atoms with E-state index in [2.05, 4.69) is 20.7 Å². The van der Waals surface area contributed by atoms with Gasteiger partial charge in [0.15, 0.2) is 0 Å². The predicted octanol–water partition coefficient (Wildman–Crippen LogP) is 4.06. The highest BCUT2D eigenvalue weighted by atomic mass is 16.5. The van der Waals surface area contributed by atoms with Crippen LogP contribution in [0.2, 0.25) is 0 Å². The van der Waals surface area contributed by atoms with Crippen molar-refractivity contribution in [2.75, 3.05) is 12.4 Å². The average Bonchev–Trinajstić information content (AvgIpc) is 2.97. The zero-order chi connectivity index (χ0) is 22.5. The molecule has 1 aromatic heterocycles. The number of anilines is 1. The number of benzene rings is 2. The third-order valence-electron chi connectivity index (χ3n) is 5.13. The number of amides is 1. The van der Waals surface area contributed by atoms with Crippen molar-refractivity contribution in [1.29, 1.82) is 0 Å². The number of rotatable bonds is 5. The molecule has 3 rings (SSSR count). The van der Waals surface area contributed by atoms with Gasteiger partial charge in [-0.3, -0.25) is 14.8 Å². The number of para-hydroxylation sites is 2. The lowest BCUT2D eigenvalue weighted by atomic mass is 10.1. The summed E-state index contributed by atoms with van der Waals surface area (Å²) in [5.41, 5.74) is 6.35. The Labute approximate surface area is 183 Å². The Morgan fingerprint density at radius 1 is 1.10 bits per heavy atom. The van der Waals surface area contributed by atoms with E-state index in [0.29, 0.717) is 29.5 Å². The van der Waals surface area contributed by atoms with Crippen LogP contribution in [0.15, 0.2) is 47.5 Å². The van der Waals surface area contributed by atoms with E-state index >= 15 is 0 Å². The van der Waals surface area contributed by atoms with Gasteiger partial charge in [0.2, 0.25) is 5.96 Å². The minimum Gasteiger partial charge on any atom is -0.495 e. The maximum absolute atomic E-state index is 13.0. The second kappa shape index (κ2) is 9.47. The van der Waals surface area contributed by atoms with Crippen LogP contribution in [0.4, 0.5) is 5.69 Å². The molecule has 7 nitrogen and oxygen atoms in total. The number of hydrogen-bond acceptors (Lipinski definition) is 4. The molecule has 0 aliphatic rings. The number of aromatic nitrogens is 2. The van der Waals surface area contributed by atoms with Crippen LogP contribution in [0, 0.1) is 27.7 Å². The summed E-state index contributed by atoms with van der Waals surface area (Å²) in [4.78, 5) is 17.6.